The van der Waals surface area contributed by atoms with Gasteiger partial charge in [0.1, 0.15) is 12.7 Å². The molecule has 12 heteroatoms. The number of aromatic nitrogens is 3. The maximum Gasteiger partial charge on any atom is 0.330 e. The molecule has 1 heterocycles. The normalized spacial score (nSPS) is 11.0. The van der Waals surface area contributed by atoms with E-state index < -0.39 is 24.0 Å². The van der Waals surface area contributed by atoms with Gasteiger partial charge in [-0.05, 0) is 32.6 Å². The van der Waals surface area contributed by atoms with Gasteiger partial charge in [-0.25, -0.2) is 14.4 Å². The molecule has 1 atom stereocenters. The third-order valence-corrected chi connectivity index (χ3v) is 3.84. The number of hydrogen-bond acceptors (Lipinski definition) is 11. The standard InChI is InChI=1S/C22H29N3O9/c1-5-17(26)30-11-7-8-12-31-20-23-21(32-13-9-10-15(3)19(28)29)25-22(24-20)33-14-16(4)34-18(27)6-2/h5-6,16H,1-3,7-14H2,4H3,(H,28,29). The summed E-state index contributed by atoms with van der Waals surface area (Å²) in [6.07, 6.45) is 3.23. The summed E-state index contributed by atoms with van der Waals surface area (Å²) in [5.74, 6) is -2.17. The number of esters is 2. The van der Waals surface area contributed by atoms with Crippen molar-refractivity contribution in [3.8, 4) is 18.0 Å². The highest BCUT2D eigenvalue weighted by Crippen LogP contribution is 2.16. The van der Waals surface area contributed by atoms with E-state index in [1.165, 1.54) is 0 Å². The number of unbranched alkanes of at least 4 members (excludes halogenated alkanes) is 1. The second-order valence-electron chi connectivity index (χ2n) is 6.73. The fourth-order valence-corrected chi connectivity index (χ4v) is 2.14. The Bertz CT molecular complexity index is 873. The first-order valence-electron chi connectivity index (χ1n) is 10.4. The van der Waals surface area contributed by atoms with E-state index in [4.69, 9.17) is 28.8 Å². The average Bonchev–Trinajstić information content (AvgIpc) is 2.82. The number of rotatable bonds is 18. The van der Waals surface area contributed by atoms with Crippen LogP contribution in [0.25, 0.3) is 0 Å². The van der Waals surface area contributed by atoms with Crippen molar-refractivity contribution in [1.82, 2.24) is 15.0 Å². The Balaban J connectivity index is 2.67. The third kappa shape index (κ3) is 12.2. The molecule has 1 rings (SSSR count). The molecule has 0 spiro atoms. The van der Waals surface area contributed by atoms with Crippen LogP contribution < -0.4 is 14.2 Å². The van der Waals surface area contributed by atoms with Crippen molar-refractivity contribution in [2.45, 2.75) is 38.7 Å². The molecule has 0 saturated carbocycles. The molecular formula is C22H29N3O9. The van der Waals surface area contributed by atoms with Crippen LogP contribution in [0.3, 0.4) is 0 Å². The Morgan fingerprint density at radius 1 is 0.882 bits per heavy atom. The van der Waals surface area contributed by atoms with Crippen LogP contribution in [0.1, 0.15) is 32.6 Å². The second-order valence-corrected chi connectivity index (χ2v) is 6.73. The summed E-state index contributed by atoms with van der Waals surface area (Å²) in [6.45, 7) is 12.2. The predicted octanol–water partition coefficient (Wildman–Crippen LogP) is 2.06. The molecule has 1 aromatic heterocycles. The molecule has 1 unspecified atom stereocenters. The quantitative estimate of drug-likeness (QED) is 0.186. The summed E-state index contributed by atoms with van der Waals surface area (Å²) in [4.78, 5) is 45.2. The Morgan fingerprint density at radius 2 is 1.41 bits per heavy atom. The Morgan fingerprint density at radius 3 is 1.97 bits per heavy atom. The van der Waals surface area contributed by atoms with Crippen molar-refractivity contribution in [2.24, 2.45) is 0 Å². The van der Waals surface area contributed by atoms with Crippen LogP contribution in [-0.2, 0) is 23.9 Å². The number of ether oxygens (including phenoxy) is 5. The molecule has 0 saturated heterocycles. The van der Waals surface area contributed by atoms with Gasteiger partial charge in [-0.2, -0.15) is 0 Å². The SMILES string of the molecule is C=CC(=O)OCCCCOc1nc(OCCCC(=C)C(=O)O)nc(OCC(C)OC(=O)C=C)n1. The number of carbonyl (C=O) groups excluding carboxylic acids is 2. The molecule has 0 amide bonds. The van der Waals surface area contributed by atoms with Crippen LogP contribution in [0.15, 0.2) is 37.5 Å². The van der Waals surface area contributed by atoms with Gasteiger partial charge in [-0.3, -0.25) is 0 Å². The van der Waals surface area contributed by atoms with E-state index in [9.17, 15) is 14.4 Å². The fourth-order valence-electron chi connectivity index (χ4n) is 2.14. The summed E-state index contributed by atoms with van der Waals surface area (Å²) in [6, 6.07) is -0.262. The number of hydrogen-bond donors (Lipinski definition) is 1. The van der Waals surface area contributed by atoms with Gasteiger partial charge in [0.15, 0.2) is 0 Å². The zero-order valence-electron chi connectivity index (χ0n) is 19.1. The summed E-state index contributed by atoms with van der Waals surface area (Å²) in [5, 5.41) is 8.85. The Labute approximate surface area is 197 Å². The largest absolute Gasteiger partial charge is 0.478 e. The van der Waals surface area contributed by atoms with Gasteiger partial charge >= 0.3 is 35.9 Å². The second kappa shape index (κ2) is 15.8. The minimum atomic E-state index is -1.07. The topological polar surface area (TPSA) is 156 Å². The maximum absolute atomic E-state index is 11.3. The lowest BCUT2D eigenvalue weighted by molar-refractivity contribution is -0.143. The molecule has 0 radical (unpaired) electrons. The molecule has 0 aromatic carbocycles. The van der Waals surface area contributed by atoms with Gasteiger partial charge in [0.05, 0.1) is 19.8 Å². The molecule has 1 N–H and O–H groups in total. The number of carbonyl (C=O) groups is 3. The molecular weight excluding hydrogens is 450 g/mol. The Hall–Kier alpha value is -3.96. The van der Waals surface area contributed by atoms with E-state index in [-0.39, 0.29) is 56.5 Å². The van der Waals surface area contributed by atoms with E-state index in [1.54, 1.807) is 6.92 Å². The number of aliphatic carboxylic acids is 1. The highest BCUT2D eigenvalue weighted by atomic mass is 16.6. The van der Waals surface area contributed by atoms with Crippen molar-refractivity contribution in [3.63, 3.8) is 0 Å². The summed E-state index contributed by atoms with van der Waals surface area (Å²) >= 11 is 0. The molecule has 0 fully saturated rings. The molecule has 34 heavy (non-hydrogen) atoms. The van der Waals surface area contributed by atoms with Crippen molar-refractivity contribution in [1.29, 1.82) is 0 Å². The minimum Gasteiger partial charge on any atom is -0.478 e. The van der Waals surface area contributed by atoms with Gasteiger partial charge in [0.2, 0.25) is 0 Å². The molecule has 0 aliphatic carbocycles. The van der Waals surface area contributed by atoms with Gasteiger partial charge in [-0.1, -0.05) is 19.7 Å². The number of nitrogens with zero attached hydrogens (tertiary/aromatic N) is 3. The number of carboxylic acid groups (broad SMARTS) is 1. The van der Waals surface area contributed by atoms with Crippen LogP contribution in [0.2, 0.25) is 0 Å². The number of carboxylic acids is 1. The lowest BCUT2D eigenvalue weighted by atomic mass is 10.2. The zero-order chi connectivity index (χ0) is 25.3. The molecule has 0 bridgehead atoms. The van der Waals surface area contributed by atoms with Crippen molar-refractivity contribution < 1.29 is 43.2 Å². The first kappa shape index (κ1) is 28.1. The highest BCUT2D eigenvalue weighted by molar-refractivity contribution is 5.85. The van der Waals surface area contributed by atoms with Gasteiger partial charge in [0.25, 0.3) is 0 Å². The van der Waals surface area contributed by atoms with E-state index >= 15 is 0 Å². The van der Waals surface area contributed by atoms with Gasteiger partial charge in [0, 0.05) is 17.7 Å². The molecule has 0 aliphatic heterocycles. The molecule has 0 aliphatic rings. The van der Waals surface area contributed by atoms with Crippen molar-refractivity contribution in [2.75, 3.05) is 26.4 Å². The van der Waals surface area contributed by atoms with Gasteiger partial charge in [-0.15, -0.1) is 15.0 Å². The maximum atomic E-state index is 11.3. The van der Waals surface area contributed by atoms with Crippen molar-refractivity contribution >= 4 is 17.9 Å². The van der Waals surface area contributed by atoms with Gasteiger partial charge < -0.3 is 28.8 Å². The fraction of sp³-hybridized carbons (Fsp3) is 0.455. The lowest BCUT2D eigenvalue weighted by Crippen LogP contribution is -2.21. The van der Waals surface area contributed by atoms with Crippen LogP contribution in [0, 0.1) is 0 Å². The first-order chi connectivity index (χ1) is 16.2. The summed E-state index contributed by atoms with van der Waals surface area (Å²) in [7, 11) is 0. The molecule has 12 nitrogen and oxygen atoms in total. The van der Waals surface area contributed by atoms with Crippen LogP contribution in [-0.4, -0.2) is 70.5 Å². The van der Waals surface area contributed by atoms with E-state index in [0.717, 1.165) is 12.2 Å². The van der Waals surface area contributed by atoms with Crippen LogP contribution >= 0.6 is 0 Å². The third-order valence-electron chi connectivity index (χ3n) is 3.84. The van der Waals surface area contributed by atoms with E-state index in [0.29, 0.717) is 19.3 Å². The van der Waals surface area contributed by atoms with Crippen LogP contribution in [0.5, 0.6) is 18.0 Å². The molecule has 186 valence electrons. The highest BCUT2D eigenvalue weighted by Gasteiger charge is 2.14. The monoisotopic (exact) mass is 479 g/mol. The van der Waals surface area contributed by atoms with E-state index in [2.05, 4.69) is 34.7 Å². The lowest BCUT2D eigenvalue weighted by Gasteiger charge is -2.13. The molecule has 1 aromatic rings. The van der Waals surface area contributed by atoms with Crippen LogP contribution in [0.4, 0.5) is 0 Å². The van der Waals surface area contributed by atoms with Crippen molar-refractivity contribution in [3.05, 3.63) is 37.5 Å². The summed E-state index contributed by atoms with van der Waals surface area (Å²) in [5.41, 5.74) is 0.0640. The summed E-state index contributed by atoms with van der Waals surface area (Å²) < 4.78 is 26.3. The Kier molecular flexibility index (Phi) is 13.0. The predicted molar refractivity (Wildman–Crippen MR) is 118 cm³/mol. The first-order valence-corrected chi connectivity index (χ1v) is 10.4. The minimum absolute atomic E-state index is 0.0461. The van der Waals surface area contributed by atoms with E-state index in [1.807, 2.05) is 0 Å². The smallest absolute Gasteiger partial charge is 0.330 e. The zero-order valence-corrected chi connectivity index (χ0v) is 19.1. The average molecular weight is 479 g/mol.